The molecule has 3 N–H and O–H groups in total. The number of amides is 2. The zero-order valence-electron chi connectivity index (χ0n) is 18.5. The summed E-state index contributed by atoms with van der Waals surface area (Å²) < 4.78 is 0. The molecule has 0 aromatic heterocycles. The Hall–Kier alpha value is -1.85. The lowest BCUT2D eigenvalue weighted by molar-refractivity contribution is -0.137. The van der Waals surface area contributed by atoms with E-state index in [1.165, 1.54) is 19.3 Å². The minimum absolute atomic E-state index is 0.0351. The van der Waals surface area contributed by atoms with Gasteiger partial charge in [0.1, 0.15) is 0 Å². The number of carboxylic acid groups (broad SMARTS) is 1. The highest BCUT2D eigenvalue weighted by molar-refractivity contribution is 5.84. The van der Waals surface area contributed by atoms with E-state index in [0.717, 1.165) is 44.4 Å². The fourth-order valence-corrected chi connectivity index (χ4v) is 5.23. The number of fused-ring (bicyclic) bond motifs is 2. The van der Waals surface area contributed by atoms with Gasteiger partial charge in [-0.1, -0.05) is 38.3 Å². The van der Waals surface area contributed by atoms with E-state index in [1.807, 2.05) is 0 Å². The number of hydrogen-bond donors (Lipinski definition) is 3. The summed E-state index contributed by atoms with van der Waals surface area (Å²) in [5.74, 6) is 1.71. The molecule has 6 heteroatoms. The molecule has 2 bridgehead atoms. The van der Waals surface area contributed by atoms with Gasteiger partial charge in [-0.05, 0) is 68.6 Å². The Morgan fingerprint density at radius 1 is 0.900 bits per heavy atom. The van der Waals surface area contributed by atoms with Crippen molar-refractivity contribution in [2.45, 2.75) is 84.0 Å². The second-order valence-electron chi connectivity index (χ2n) is 9.05. The maximum atomic E-state index is 12.2. The molecule has 0 radical (unpaired) electrons. The molecule has 0 aliphatic heterocycles. The molecule has 0 saturated heterocycles. The smallest absolute Gasteiger partial charge is 0.303 e. The van der Waals surface area contributed by atoms with Crippen molar-refractivity contribution in [2.75, 3.05) is 13.1 Å². The van der Waals surface area contributed by atoms with Crippen molar-refractivity contribution in [2.24, 2.45) is 23.7 Å². The standard InChI is InChI=1S/C24H40N2O4/c1-2-3-4-8-11-22(27)26-17-23(28)25-16-21-19-14-13-18(15-19)20(21)10-7-5-6-9-12-24(29)30/h5,7,18-21H,2-4,6,8-17H2,1H3,(H,25,28)(H,26,27)(H,29,30)/b7-5-/t18-,19+,20-,21+/m0/s1. The zero-order valence-corrected chi connectivity index (χ0v) is 18.5. The number of nitrogens with one attached hydrogen (secondary N) is 2. The van der Waals surface area contributed by atoms with Crippen LogP contribution >= 0.6 is 0 Å². The molecule has 0 unspecified atom stereocenters. The number of rotatable bonds is 15. The van der Waals surface area contributed by atoms with Crippen LogP contribution in [-0.4, -0.2) is 36.0 Å². The Labute approximate surface area is 181 Å². The Bertz CT molecular complexity index is 590. The van der Waals surface area contributed by atoms with Gasteiger partial charge in [-0.2, -0.15) is 0 Å². The minimum Gasteiger partial charge on any atom is -0.481 e. The second-order valence-corrected chi connectivity index (χ2v) is 9.05. The number of carbonyl (C=O) groups is 3. The molecule has 0 heterocycles. The van der Waals surface area contributed by atoms with Gasteiger partial charge < -0.3 is 15.7 Å². The van der Waals surface area contributed by atoms with Gasteiger partial charge in [0.25, 0.3) is 0 Å². The van der Waals surface area contributed by atoms with Crippen molar-refractivity contribution in [1.29, 1.82) is 0 Å². The van der Waals surface area contributed by atoms with Gasteiger partial charge in [-0.15, -0.1) is 0 Å². The first-order chi connectivity index (χ1) is 14.5. The Kier molecular flexibility index (Phi) is 11.0. The predicted octanol–water partition coefficient (Wildman–Crippen LogP) is 4.05. The van der Waals surface area contributed by atoms with Crippen LogP contribution in [0.15, 0.2) is 12.2 Å². The molecule has 4 atom stereocenters. The monoisotopic (exact) mass is 420 g/mol. The van der Waals surface area contributed by atoms with E-state index in [2.05, 4.69) is 29.7 Å². The van der Waals surface area contributed by atoms with E-state index < -0.39 is 5.97 Å². The summed E-state index contributed by atoms with van der Waals surface area (Å²) in [6, 6.07) is 0. The van der Waals surface area contributed by atoms with Crippen molar-refractivity contribution in [3.8, 4) is 0 Å². The van der Waals surface area contributed by atoms with Crippen molar-refractivity contribution in [1.82, 2.24) is 10.6 Å². The average molecular weight is 421 g/mol. The van der Waals surface area contributed by atoms with Gasteiger partial charge in [0, 0.05) is 19.4 Å². The quantitative estimate of drug-likeness (QED) is 0.275. The summed E-state index contributed by atoms with van der Waals surface area (Å²) in [6.45, 7) is 2.91. The molecule has 2 aliphatic rings. The number of carboxylic acids is 1. The number of hydrogen-bond acceptors (Lipinski definition) is 3. The lowest BCUT2D eigenvalue weighted by atomic mass is 9.77. The SMILES string of the molecule is CCCCCCC(=O)NCC(=O)NC[C@@H]1[C@@H]2CC[C@@H](C2)[C@@H]1C/C=C\CCCC(=O)O. The third-order valence-electron chi connectivity index (χ3n) is 6.85. The number of aliphatic carboxylic acids is 1. The second kappa shape index (κ2) is 13.5. The number of unbranched alkanes of at least 4 members (excludes halogenated alkanes) is 4. The molecule has 30 heavy (non-hydrogen) atoms. The highest BCUT2D eigenvalue weighted by Gasteiger charge is 2.46. The predicted molar refractivity (Wildman–Crippen MR) is 118 cm³/mol. The zero-order chi connectivity index (χ0) is 21.8. The first kappa shape index (κ1) is 24.4. The van der Waals surface area contributed by atoms with Crippen LogP contribution in [0.5, 0.6) is 0 Å². The fourth-order valence-electron chi connectivity index (χ4n) is 5.23. The molecule has 0 aromatic carbocycles. The van der Waals surface area contributed by atoms with Crippen molar-refractivity contribution >= 4 is 17.8 Å². The fraction of sp³-hybridized carbons (Fsp3) is 0.792. The number of allylic oxidation sites excluding steroid dienone is 2. The van der Waals surface area contributed by atoms with Gasteiger partial charge in [-0.3, -0.25) is 14.4 Å². The van der Waals surface area contributed by atoms with E-state index in [0.29, 0.717) is 37.1 Å². The van der Waals surface area contributed by atoms with Gasteiger partial charge in [-0.25, -0.2) is 0 Å². The topological polar surface area (TPSA) is 95.5 Å². The van der Waals surface area contributed by atoms with Crippen molar-refractivity contribution in [3.63, 3.8) is 0 Å². The minimum atomic E-state index is -0.736. The van der Waals surface area contributed by atoms with E-state index in [9.17, 15) is 14.4 Å². The Morgan fingerprint density at radius 3 is 2.40 bits per heavy atom. The maximum Gasteiger partial charge on any atom is 0.303 e. The summed E-state index contributed by atoms with van der Waals surface area (Å²) >= 11 is 0. The lowest BCUT2D eigenvalue weighted by Gasteiger charge is -2.30. The van der Waals surface area contributed by atoms with E-state index in [4.69, 9.17) is 5.11 Å². The normalized spacial score (nSPS) is 25.0. The largest absolute Gasteiger partial charge is 0.481 e. The molecule has 170 valence electrons. The van der Waals surface area contributed by atoms with Crippen LogP contribution in [0.25, 0.3) is 0 Å². The van der Waals surface area contributed by atoms with Gasteiger partial charge in [0.15, 0.2) is 0 Å². The average Bonchev–Trinajstić information content (AvgIpc) is 3.32. The molecular formula is C24H40N2O4. The Balaban J connectivity index is 1.66. The molecule has 2 amide bonds. The third kappa shape index (κ3) is 8.49. The highest BCUT2D eigenvalue weighted by atomic mass is 16.4. The van der Waals surface area contributed by atoms with Crippen LogP contribution in [0.3, 0.4) is 0 Å². The summed E-state index contributed by atoms with van der Waals surface area (Å²) in [4.78, 5) is 34.6. The molecule has 2 rings (SSSR count). The Morgan fingerprint density at radius 2 is 1.67 bits per heavy atom. The summed E-state index contributed by atoms with van der Waals surface area (Å²) in [7, 11) is 0. The summed E-state index contributed by atoms with van der Waals surface area (Å²) in [5.41, 5.74) is 0. The van der Waals surface area contributed by atoms with Gasteiger partial charge >= 0.3 is 5.97 Å². The first-order valence-electron chi connectivity index (χ1n) is 11.9. The van der Waals surface area contributed by atoms with Crippen LogP contribution in [0, 0.1) is 23.7 Å². The van der Waals surface area contributed by atoms with Crippen LogP contribution in [0.1, 0.15) is 84.0 Å². The van der Waals surface area contributed by atoms with E-state index >= 15 is 0 Å². The summed E-state index contributed by atoms with van der Waals surface area (Å²) in [6.07, 6.45) is 15.6. The van der Waals surface area contributed by atoms with Crippen LogP contribution in [0.4, 0.5) is 0 Å². The van der Waals surface area contributed by atoms with Crippen molar-refractivity contribution < 1.29 is 19.5 Å². The van der Waals surface area contributed by atoms with E-state index in [1.54, 1.807) is 0 Å². The molecule has 2 fully saturated rings. The molecule has 2 saturated carbocycles. The molecular weight excluding hydrogens is 380 g/mol. The summed E-state index contributed by atoms with van der Waals surface area (Å²) in [5, 5.41) is 14.5. The molecule has 0 aromatic rings. The third-order valence-corrected chi connectivity index (χ3v) is 6.85. The van der Waals surface area contributed by atoms with E-state index in [-0.39, 0.29) is 24.8 Å². The van der Waals surface area contributed by atoms with Crippen LogP contribution in [0.2, 0.25) is 0 Å². The van der Waals surface area contributed by atoms with Crippen molar-refractivity contribution in [3.05, 3.63) is 12.2 Å². The van der Waals surface area contributed by atoms with Gasteiger partial charge in [0.2, 0.25) is 11.8 Å². The van der Waals surface area contributed by atoms with Gasteiger partial charge in [0.05, 0.1) is 6.54 Å². The molecule has 2 aliphatic carbocycles. The first-order valence-corrected chi connectivity index (χ1v) is 11.9. The van der Waals surface area contributed by atoms with Crippen LogP contribution in [-0.2, 0) is 14.4 Å². The number of carbonyl (C=O) groups excluding carboxylic acids is 2. The highest BCUT2D eigenvalue weighted by Crippen LogP contribution is 2.53. The molecule has 6 nitrogen and oxygen atoms in total. The lowest BCUT2D eigenvalue weighted by Crippen LogP contribution is -2.41. The van der Waals surface area contributed by atoms with Crippen LogP contribution < -0.4 is 10.6 Å². The molecule has 0 spiro atoms. The maximum absolute atomic E-state index is 12.2.